The Morgan fingerprint density at radius 2 is 2.03 bits per heavy atom. The number of allylic oxidation sites excluding steroid dienone is 3. The quantitative estimate of drug-likeness (QED) is 0.430. The molecule has 1 amide bonds. The van der Waals surface area contributed by atoms with Crippen molar-refractivity contribution in [3.8, 4) is 5.75 Å². The molecule has 1 aromatic carbocycles. The second-order valence-corrected chi connectivity index (χ2v) is 11.7. The number of amides is 1. The Labute approximate surface area is 197 Å². The molecule has 4 aliphatic heterocycles. The van der Waals surface area contributed by atoms with Crippen LogP contribution in [0.1, 0.15) is 40.7 Å². The number of benzene rings is 1. The van der Waals surface area contributed by atoms with Gasteiger partial charge in [0.2, 0.25) is 0 Å². The summed E-state index contributed by atoms with van der Waals surface area (Å²) in [5.41, 5.74) is 2.93. The molecule has 4 aliphatic rings. The molecule has 5 nitrogen and oxygen atoms in total. The summed E-state index contributed by atoms with van der Waals surface area (Å²) in [5.74, 6) is 0.463. The van der Waals surface area contributed by atoms with Gasteiger partial charge in [-0.25, -0.2) is 0 Å². The number of rotatable bonds is 4. The fraction of sp³-hybridized carbons (Fsp3) is 0.308. The number of hydrogen-bond donors (Lipinski definition) is 0. The number of carbonyl (C=O) groups is 1. The van der Waals surface area contributed by atoms with Crippen LogP contribution in [0.25, 0.3) is 3.58 Å². The van der Waals surface area contributed by atoms with Gasteiger partial charge < -0.3 is 0 Å². The van der Waals surface area contributed by atoms with Crippen LogP contribution in [-0.4, -0.2) is 28.5 Å². The van der Waals surface area contributed by atoms with E-state index in [1.165, 1.54) is 0 Å². The Balaban J connectivity index is 1.60. The van der Waals surface area contributed by atoms with Gasteiger partial charge in [0.1, 0.15) is 0 Å². The molecule has 0 saturated carbocycles. The Bertz CT molecular complexity index is 1270. The monoisotopic (exact) mass is 540 g/mol. The van der Waals surface area contributed by atoms with Gasteiger partial charge in [-0.3, -0.25) is 0 Å². The molecule has 2 aromatic rings. The van der Waals surface area contributed by atoms with Crippen LogP contribution in [0.4, 0.5) is 0 Å². The average Bonchev–Trinajstić information content (AvgIpc) is 3.35. The number of pyridine rings is 1. The number of hydrogen-bond acceptors (Lipinski definition) is 3. The van der Waals surface area contributed by atoms with E-state index in [4.69, 9.17) is 4.74 Å². The molecule has 164 valence electrons. The molecule has 0 radical (unpaired) electrons. The first kappa shape index (κ1) is 20.0. The zero-order valence-corrected chi connectivity index (χ0v) is 20.2. The molecule has 5 heterocycles. The number of ether oxygens (including phenoxy) is 1. The first-order valence-electron chi connectivity index (χ1n) is 11.1. The summed E-state index contributed by atoms with van der Waals surface area (Å²) in [7, 11) is 0. The number of nitrogens with zero attached hydrogens (tertiary/aromatic N) is 2. The first-order valence-corrected chi connectivity index (χ1v) is 13.6. The van der Waals surface area contributed by atoms with Crippen molar-refractivity contribution >= 4 is 30.7 Å². The van der Waals surface area contributed by atoms with Gasteiger partial charge in [0.15, 0.2) is 0 Å². The van der Waals surface area contributed by atoms with Gasteiger partial charge in [0.05, 0.1) is 0 Å². The Hall–Kier alpha value is -2.61. The molecule has 6 heteroatoms. The van der Waals surface area contributed by atoms with Crippen LogP contribution >= 0.6 is 21.2 Å². The van der Waals surface area contributed by atoms with Crippen LogP contribution in [0.15, 0.2) is 63.5 Å². The maximum absolute atomic E-state index is 13.9. The van der Waals surface area contributed by atoms with Crippen molar-refractivity contribution in [3.05, 3.63) is 91.5 Å². The van der Waals surface area contributed by atoms with E-state index in [-0.39, 0.29) is 29.2 Å². The molecule has 6 rings (SSSR count). The molecule has 2 bridgehead atoms. The number of halogens is 1. The van der Waals surface area contributed by atoms with Crippen molar-refractivity contribution in [1.29, 1.82) is 0 Å². The molecule has 0 fully saturated rings. The van der Waals surface area contributed by atoms with E-state index >= 15 is 0 Å². The predicted octanol–water partition coefficient (Wildman–Crippen LogP) is 4.30. The van der Waals surface area contributed by atoms with Crippen molar-refractivity contribution in [2.24, 2.45) is 5.92 Å². The first-order chi connectivity index (χ1) is 15.6. The second kappa shape index (κ2) is 7.47. The van der Waals surface area contributed by atoms with Crippen LogP contribution in [-0.2, 0) is 18.6 Å². The van der Waals surface area contributed by atoms with Gasteiger partial charge in [0.25, 0.3) is 0 Å². The number of fused-ring (bicyclic) bond motifs is 1. The maximum atomic E-state index is 13.9. The van der Waals surface area contributed by atoms with Crippen molar-refractivity contribution in [2.75, 3.05) is 13.1 Å². The van der Waals surface area contributed by atoms with Gasteiger partial charge in [0, 0.05) is 0 Å². The molecule has 1 spiro atoms. The van der Waals surface area contributed by atoms with E-state index in [0.29, 0.717) is 24.7 Å². The standard InChI is InChI=1S/C26H25IN2O3/c1-17-14-20-21(19-10-7-12-27-19)23(30)24(32-15-18-8-3-2-4-9-18)22-25(31)28-13-6-5-11-26(17,16-28)29(20)22/h2-10,12,17,27H,11,13-16H2,1H3. The minimum absolute atomic E-state index is 0.0933. The van der Waals surface area contributed by atoms with Crippen LogP contribution < -0.4 is 10.2 Å². The summed E-state index contributed by atoms with van der Waals surface area (Å²) in [4.78, 5) is 29.5. The fourth-order valence-electron chi connectivity index (χ4n) is 5.59. The SMILES string of the molecule is CC1Cc2c(C3=CC=C[IH]3)c(=O)c(OCc3ccccc3)c3n2C12CC=CCN(C2)C3=O. The summed E-state index contributed by atoms with van der Waals surface area (Å²) < 4.78 is 11.8. The molecular formula is C26H25IN2O3. The molecule has 0 aliphatic carbocycles. The van der Waals surface area contributed by atoms with E-state index in [1.807, 2.05) is 35.2 Å². The van der Waals surface area contributed by atoms with E-state index in [9.17, 15) is 9.59 Å². The van der Waals surface area contributed by atoms with Gasteiger partial charge in [-0.2, -0.15) is 0 Å². The van der Waals surface area contributed by atoms with Gasteiger partial charge in [-0.05, 0) is 0 Å². The fourth-order valence-corrected chi connectivity index (χ4v) is 7.84. The van der Waals surface area contributed by atoms with E-state index in [0.717, 1.165) is 33.2 Å². The van der Waals surface area contributed by atoms with Crippen molar-refractivity contribution in [2.45, 2.75) is 31.9 Å². The topological polar surface area (TPSA) is 51.5 Å². The van der Waals surface area contributed by atoms with E-state index in [1.54, 1.807) is 0 Å². The molecule has 0 saturated heterocycles. The van der Waals surface area contributed by atoms with Crippen LogP contribution in [0.2, 0.25) is 0 Å². The minimum atomic E-state index is -0.548. The second-order valence-electron chi connectivity index (χ2n) is 8.99. The zero-order chi connectivity index (χ0) is 21.9. The van der Waals surface area contributed by atoms with Crippen molar-refractivity contribution in [1.82, 2.24) is 9.47 Å². The summed E-state index contributed by atoms with van der Waals surface area (Å²) in [5, 5.41) is 0. The third-order valence-electron chi connectivity index (χ3n) is 7.20. The summed E-state index contributed by atoms with van der Waals surface area (Å²) in [6.07, 6.45) is 10.1. The molecular weight excluding hydrogens is 515 g/mol. The summed E-state index contributed by atoms with van der Waals surface area (Å²) in [6, 6.07) is 9.83. The summed E-state index contributed by atoms with van der Waals surface area (Å²) >= 11 is -0.548. The van der Waals surface area contributed by atoms with Crippen molar-refractivity contribution in [3.63, 3.8) is 0 Å². The number of aromatic nitrogens is 1. The Morgan fingerprint density at radius 1 is 1.19 bits per heavy atom. The molecule has 2 atom stereocenters. The normalized spacial score (nSPS) is 25.3. The van der Waals surface area contributed by atoms with Gasteiger partial charge in [-0.1, -0.05) is 0 Å². The summed E-state index contributed by atoms with van der Waals surface area (Å²) in [6.45, 7) is 3.80. The predicted molar refractivity (Wildman–Crippen MR) is 135 cm³/mol. The zero-order valence-electron chi connectivity index (χ0n) is 17.9. The van der Waals surface area contributed by atoms with Crippen molar-refractivity contribution < 1.29 is 9.53 Å². The van der Waals surface area contributed by atoms with Crippen LogP contribution in [0, 0.1) is 5.92 Å². The van der Waals surface area contributed by atoms with Gasteiger partial charge >= 0.3 is 198 Å². The Kier molecular flexibility index (Phi) is 4.68. The third-order valence-corrected chi connectivity index (χ3v) is 9.74. The van der Waals surface area contributed by atoms with Gasteiger partial charge in [-0.15, -0.1) is 0 Å². The van der Waals surface area contributed by atoms with E-state index in [2.05, 4.69) is 39.9 Å². The third kappa shape index (κ3) is 2.81. The molecule has 32 heavy (non-hydrogen) atoms. The van der Waals surface area contributed by atoms with Crippen LogP contribution in [0.3, 0.4) is 0 Å². The van der Waals surface area contributed by atoms with Crippen LogP contribution in [0.5, 0.6) is 5.75 Å². The van der Waals surface area contributed by atoms with E-state index < -0.39 is 21.2 Å². The molecule has 1 aromatic heterocycles. The molecule has 0 N–H and O–H groups in total. The average molecular weight is 540 g/mol. The Morgan fingerprint density at radius 3 is 2.81 bits per heavy atom. The molecule has 2 unspecified atom stereocenters. The number of carbonyl (C=O) groups excluding carboxylic acids is 1.